The molecule has 0 spiro atoms. The summed E-state index contributed by atoms with van der Waals surface area (Å²) in [7, 11) is 0. The van der Waals surface area contributed by atoms with Gasteiger partial charge in [-0.1, -0.05) is 0 Å². The largest absolute Gasteiger partial charge is 0.466 e. The number of morpholine rings is 1. The van der Waals surface area contributed by atoms with Gasteiger partial charge in [-0.25, -0.2) is 4.98 Å². The molecule has 2 rings (SSSR count). The van der Waals surface area contributed by atoms with Gasteiger partial charge >= 0.3 is 5.97 Å². The summed E-state index contributed by atoms with van der Waals surface area (Å²) < 4.78 is 12.5. The van der Waals surface area contributed by atoms with Gasteiger partial charge in [0.1, 0.15) is 5.82 Å². The Balaban J connectivity index is 1.71. The molecule has 0 saturated carbocycles. The van der Waals surface area contributed by atoms with E-state index in [1.54, 1.807) is 0 Å². The molecule has 2 heterocycles. The summed E-state index contributed by atoms with van der Waals surface area (Å²) in [6, 6.07) is 0. The normalized spacial score (nSPS) is 16.0. The molecule has 1 aliphatic rings. The number of esters is 1. The lowest BCUT2D eigenvalue weighted by Crippen LogP contribution is -2.36. The van der Waals surface area contributed by atoms with Gasteiger partial charge in [0.05, 0.1) is 26.4 Å². The molecule has 1 saturated heterocycles. The summed E-state index contributed by atoms with van der Waals surface area (Å²) in [6.45, 7) is 7.62. The van der Waals surface area contributed by atoms with E-state index < -0.39 is 0 Å². The van der Waals surface area contributed by atoms with Gasteiger partial charge in [0.25, 0.3) is 0 Å². The van der Waals surface area contributed by atoms with Crippen molar-refractivity contribution in [3.05, 3.63) is 18.2 Å². The van der Waals surface area contributed by atoms with Gasteiger partial charge in [0, 0.05) is 38.4 Å². The first-order valence-electron chi connectivity index (χ1n) is 7.75. The van der Waals surface area contributed by atoms with Gasteiger partial charge in [0.2, 0.25) is 0 Å². The summed E-state index contributed by atoms with van der Waals surface area (Å²) in [4.78, 5) is 18.1. The Kier molecular flexibility index (Phi) is 6.69. The summed E-state index contributed by atoms with van der Waals surface area (Å²) in [6.07, 6.45) is 6.18. The molecule has 21 heavy (non-hydrogen) atoms. The highest BCUT2D eigenvalue weighted by Gasteiger charge is 2.13. The molecule has 0 radical (unpaired) electrons. The third kappa shape index (κ3) is 5.47. The molecular weight excluding hydrogens is 270 g/mol. The van der Waals surface area contributed by atoms with Crippen molar-refractivity contribution in [2.75, 3.05) is 32.9 Å². The van der Waals surface area contributed by atoms with E-state index in [0.717, 1.165) is 58.1 Å². The highest BCUT2D eigenvalue weighted by atomic mass is 16.5. The van der Waals surface area contributed by atoms with Gasteiger partial charge in [-0.15, -0.1) is 0 Å². The van der Waals surface area contributed by atoms with Crippen LogP contribution in [0.3, 0.4) is 0 Å². The van der Waals surface area contributed by atoms with Crippen molar-refractivity contribution in [2.24, 2.45) is 0 Å². The Morgan fingerprint density at radius 1 is 1.38 bits per heavy atom. The van der Waals surface area contributed by atoms with Crippen LogP contribution >= 0.6 is 0 Å². The molecule has 0 bridgehead atoms. The molecule has 0 N–H and O–H groups in total. The predicted octanol–water partition coefficient (Wildman–Crippen LogP) is 1.45. The fraction of sp³-hybridized carbons (Fsp3) is 0.733. The van der Waals surface area contributed by atoms with Crippen LogP contribution in [0.2, 0.25) is 0 Å². The lowest BCUT2D eigenvalue weighted by Gasteiger charge is -2.26. The molecule has 0 unspecified atom stereocenters. The second-order valence-electron chi connectivity index (χ2n) is 5.19. The van der Waals surface area contributed by atoms with Crippen molar-refractivity contribution in [3.63, 3.8) is 0 Å². The zero-order chi connectivity index (χ0) is 14.9. The van der Waals surface area contributed by atoms with Crippen molar-refractivity contribution >= 4 is 5.97 Å². The van der Waals surface area contributed by atoms with E-state index in [2.05, 4.69) is 14.5 Å². The highest BCUT2D eigenvalue weighted by Crippen LogP contribution is 2.08. The number of hydrogen-bond acceptors (Lipinski definition) is 5. The van der Waals surface area contributed by atoms with Gasteiger partial charge in [0.15, 0.2) is 0 Å². The van der Waals surface area contributed by atoms with Crippen molar-refractivity contribution in [1.82, 2.24) is 14.5 Å². The average molecular weight is 295 g/mol. The minimum Gasteiger partial charge on any atom is -0.466 e. The van der Waals surface area contributed by atoms with E-state index in [0.29, 0.717) is 13.0 Å². The van der Waals surface area contributed by atoms with Crippen LogP contribution in [0.15, 0.2) is 12.4 Å². The number of aryl methyl sites for hydroxylation is 1. The van der Waals surface area contributed by atoms with Gasteiger partial charge in [-0.05, 0) is 19.8 Å². The van der Waals surface area contributed by atoms with Crippen LogP contribution in [0.5, 0.6) is 0 Å². The lowest BCUT2D eigenvalue weighted by atomic mass is 10.2. The molecule has 0 aliphatic carbocycles. The topological polar surface area (TPSA) is 56.6 Å². The first kappa shape index (κ1) is 16.0. The van der Waals surface area contributed by atoms with Crippen LogP contribution in [0, 0.1) is 0 Å². The van der Waals surface area contributed by atoms with Crippen LogP contribution in [-0.4, -0.2) is 53.3 Å². The number of carbonyl (C=O) groups excluding carboxylic acids is 1. The maximum absolute atomic E-state index is 11.3. The van der Waals surface area contributed by atoms with Crippen LogP contribution in [0.25, 0.3) is 0 Å². The Hall–Kier alpha value is -1.40. The zero-order valence-corrected chi connectivity index (χ0v) is 12.8. The Morgan fingerprint density at radius 3 is 2.95 bits per heavy atom. The highest BCUT2D eigenvalue weighted by molar-refractivity contribution is 5.69. The fourth-order valence-electron chi connectivity index (χ4n) is 2.44. The summed E-state index contributed by atoms with van der Waals surface area (Å²) >= 11 is 0. The molecule has 1 aromatic rings. The van der Waals surface area contributed by atoms with E-state index in [1.165, 1.54) is 0 Å². The van der Waals surface area contributed by atoms with Crippen molar-refractivity contribution in [2.45, 2.75) is 39.3 Å². The quantitative estimate of drug-likeness (QED) is 0.537. The average Bonchev–Trinajstić information content (AvgIpc) is 2.92. The number of unbranched alkanes of at least 4 members (excludes halogenated alkanes) is 1. The van der Waals surface area contributed by atoms with E-state index in [4.69, 9.17) is 9.47 Å². The van der Waals surface area contributed by atoms with Crippen LogP contribution < -0.4 is 0 Å². The second kappa shape index (κ2) is 8.79. The third-order valence-electron chi connectivity index (χ3n) is 3.61. The van der Waals surface area contributed by atoms with Crippen LogP contribution in [0.1, 0.15) is 32.0 Å². The molecule has 1 aromatic heterocycles. The minimum atomic E-state index is -0.100. The van der Waals surface area contributed by atoms with Crippen molar-refractivity contribution < 1.29 is 14.3 Å². The number of imidazole rings is 1. The van der Waals surface area contributed by atoms with Crippen molar-refractivity contribution in [3.8, 4) is 0 Å². The van der Waals surface area contributed by atoms with Crippen LogP contribution in [0.4, 0.5) is 0 Å². The van der Waals surface area contributed by atoms with E-state index >= 15 is 0 Å². The number of rotatable bonds is 8. The lowest BCUT2D eigenvalue weighted by molar-refractivity contribution is -0.143. The standard InChI is InChI=1S/C15H25N3O3/c1-2-21-15(19)5-3-4-7-18-8-6-16-14(18)13-17-9-11-20-12-10-17/h6,8H,2-5,7,9-13H2,1H3. The zero-order valence-electron chi connectivity index (χ0n) is 12.8. The number of carbonyl (C=O) groups is 1. The minimum absolute atomic E-state index is 0.100. The summed E-state index contributed by atoms with van der Waals surface area (Å²) in [5.74, 6) is 0.990. The number of aromatic nitrogens is 2. The van der Waals surface area contributed by atoms with E-state index in [1.807, 2.05) is 19.3 Å². The Bertz CT molecular complexity index is 428. The Labute approximate surface area is 126 Å². The Morgan fingerprint density at radius 2 is 2.19 bits per heavy atom. The number of ether oxygens (including phenoxy) is 2. The maximum Gasteiger partial charge on any atom is 0.305 e. The first-order valence-corrected chi connectivity index (χ1v) is 7.75. The van der Waals surface area contributed by atoms with Crippen molar-refractivity contribution in [1.29, 1.82) is 0 Å². The molecule has 1 fully saturated rings. The number of hydrogen-bond donors (Lipinski definition) is 0. The molecule has 6 heteroatoms. The fourth-order valence-corrected chi connectivity index (χ4v) is 2.44. The molecule has 0 aromatic carbocycles. The molecular formula is C15H25N3O3. The second-order valence-corrected chi connectivity index (χ2v) is 5.19. The van der Waals surface area contributed by atoms with E-state index in [-0.39, 0.29) is 5.97 Å². The van der Waals surface area contributed by atoms with Gasteiger partial charge < -0.3 is 14.0 Å². The summed E-state index contributed by atoms with van der Waals surface area (Å²) in [5, 5.41) is 0. The van der Waals surface area contributed by atoms with Gasteiger partial charge in [-0.3, -0.25) is 9.69 Å². The maximum atomic E-state index is 11.3. The van der Waals surface area contributed by atoms with Gasteiger partial charge in [-0.2, -0.15) is 0 Å². The number of nitrogens with zero attached hydrogens (tertiary/aromatic N) is 3. The van der Waals surface area contributed by atoms with Crippen LogP contribution in [-0.2, 0) is 27.4 Å². The van der Waals surface area contributed by atoms with E-state index in [9.17, 15) is 4.79 Å². The SMILES string of the molecule is CCOC(=O)CCCCn1ccnc1CN1CCOCC1. The molecule has 6 nitrogen and oxygen atoms in total. The smallest absolute Gasteiger partial charge is 0.305 e. The molecule has 0 atom stereocenters. The third-order valence-corrected chi connectivity index (χ3v) is 3.61. The summed E-state index contributed by atoms with van der Waals surface area (Å²) in [5.41, 5.74) is 0. The monoisotopic (exact) mass is 295 g/mol. The molecule has 118 valence electrons. The molecule has 0 amide bonds. The predicted molar refractivity (Wildman–Crippen MR) is 78.8 cm³/mol. The molecule has 1 aliphatic heterocycles. The first-order chi connectivity index (χ1) is 10.3.